The van der Waals surface area contributed by atoms with Gasteiger partial charge in [-0.25, -0.2) is 0 Å². The molecule has 1 heteroatoms. The highest BCUT2D eigenvalue weighted by atomic mass is 15.2. The maximum atomic E-state index is 2.45. The van der Waals surface area contributed by atoms with Gasteiger partial charge < -0.3 is 4.90 Å². The first-order valence-corrected chi connectivity index (χ1v) is 8.87. The summed E-state index contributed by atoms with van der Waals surface area (Å²) in [5, 5.41) is 0. The molecule has 0 radical (unpaired) electrons. The van der Waals surface area contributed by atoms with E-state index in [4.69, 9.17) is 0 Å². The van der Waals surface area contributed by atoms with Crippen LogP contribution >= 0.6 is 0 Å². The molecule has 0 atom stereocenters. The van der Waals surface area contributed by atoms with Gasteiger partial charge in [-0.3, -0.25) is 0 Å². The maximum absolute atomic E-state index is 2.45. The molecule has 0 spiro atoms. The number of nitrogens with zero attached hydrogens (tertiary/aromatic N) is 1. The van der Waals surface area contributed by atoms with Gasteiger partial charge in [0.2, 0.25) is 0 Å². The molecule has 2 aliphatic rings. The van der Waals surface area contributed by atoms with Crippen molar-refractivity contribution in [2.45, 2.75) is 12.8 Å². The van der Waals surface area contributed by atoms with Crippen molar-refractivity contribution in [2.75, 3.05) is 4.90 Å². The van der Waals surface area contributed by atoms with Gasteiger partial charge in [0, 0.05) is 22.5 Å². The highest BCUT2D eigenvalue weighted by Crippen LogP contribution is 2.47. The van der Waals surface area contributed by atoms with Crippen molar-refractivity contribution in [1.29, 1.82) is 0 Å². The van der Waals surface area contributed by atoms with Crippen molar-refractivity contribution in [3.8, 4) is 11.1 Å². The fraction of sp³-hybridized carbons (Fsp3) is 0.0833. The molecule has 3 aromatic rings. The first kappa shape index (κ1) is 14.3. The minimum atomic E-state index is 1.06. The molecule has 0 saturated heterocycles. The highest BCUT2D eigenvalue weighted by molar-refractivity contribution is 5.98. The van der Waals surface area contributed by atoms with Gasteiger partial charge in [-0.1, -0.05) is 72.8 Å². The predicted molar refractivity (Wildman–Crippen MR) is 106 cm³/mol. The van der Waals surface area contributed by atoms with Gasteiger partial charge in [0.15, 0.2) is 0 Å². The topological polar surface area (TPSA) is 3.24 Å². The number of fused-ring (bicyclic) bond motifs is 4. The van der Waals surface area contributed by atoms with E-state index in [0.717, 1.165) is 12.8 Å². The summed E-state index contributed by atoms with van der Waals surface area (Å²) < 4.78 is 0. The Labute approximate surface area is 148 Å². The van der Waals surface area contributed by atoms with Crippen LogP contribution in [0.3, 0.4) is 0 Å². The number of allylic oxidation sites excluding steroid dienone is 4. The molecule has 0 bridgehead atoms. The van der Waals surface area contributed by atoms with Crippen molar-refractivity contribution >= 4 is 16.9 Å². The Kier molecular flexibility index (Phi) is 3.31. The first-order chi connectivity index (χ1) is 12.4. The van der Waals surface area contributed by atoms with Gasteiger partial charge in [0.25, 0.3) is 0 Å². The lowest BCUT2D eigenvalue weighted by Crippen LogP contribution is -2.18. The SMILES string of the molecule is C1=CC2=C(CC1)N(c1ccccc1)c1ccccc1-c1ccccc12. The van der Waals surface area contributed by atoms with Gasteiger partial charge in [0.05, 0.1) is 5.69 Å². The smallest absolute Gasteiger partial charge is 0.0537 e. The molecule has 120 valence electrons. The quantitative estimate of drug-likeness (QED) is 0.490. The summed E-state index contributed by atoms with van der Waals surface area (Å²) in [4.78, 5) is 2.45. The van der Waals surface area contributed by atoms with Gasteiger partial charge in [-0.05, 0) is 42.2 Å². The third kappa shape index (κ3) is 2.24. The second-order valence-electron chi connectivity index (χ2n) is 6.54. The number of rotatable bonds is 1. The largest absolute Gasteiger partial charge is 0.313 e. The molecule has 5 rings (SSSR count). The van der Waals surface area contributed by atoms with E-state index in [1.165, 1.54) is 39.3 Å². The Bertz CT molecular complexity index is 995. The van der Waals surface area contributed by atoms with E-state index in [0.29, 0.717) is 0 Å². The molecular weight excluding hydrogens is 302 g/mol. The molecule has 0 unspecified atom stereocenters. The summed E-state index contributed by atoms with van der Waals surface area (Å²) >= 11 is 0. The number of benzene rings is 3. The number of anilines is 2. The highest BCUT2D eigenvalue weighted by Gasteiger charge is 2.27. The standard InChI is InChI=1S/C24H19N/c1-2-10-18(11-3-1)25-23-16-8-6-14-21(23)19-12-4-5-13-20(19)22-15-7-9-17-24(22)25/h1-8,10-16H,9,17H2. The van der Waals surface area contributed by atoms with Crippen LogP contribution in [-0.4, -0.2) is 0 Å². The third-order valence-corrected chi connectivity index (χ3v) is 5.08. The second-order valence-corrected chi connectivity index (χ2v) is 6.54. The minimum Gasteiger partial charge on any atom is -0.313 e. The molecule has 1 aliphatic heterocycles. The zero-order valence-corrected chi connectivity index (χ0v) is 14.0. The zero-order chi connectivity index (χ0) is 16.6. The van der Waals surface area contributed by atoms with Crippen molar-refractivity contribution in [1.82, 2.24) is 0 Å². The van der Waals surface area contributed by atoms with Gasteiger partial charge in [-0.2, -0.15) is 0 Å². The van der Waals surface area contributed by atoms with Crippen LogP contribution in [-0.2, 0) is 0 Å². The molecule has 0 saturated carbocycles. The predicted octanol–water partition coefficient (Wildman–Crippen LogP) is 6.57. The molecule has 0 N–H and O–H groups in total. The van der Waals surface area contributed by atoms with E-state index >= 15 is 0 Å². The van der Waals surface area contributed by atoms with E-state index in [9.17, 15) is 0 Å². The lowest BCUT2D eigenvalue weighted by Gasteiger charge is -2.30. The van der Waals surface area contributed by atoms with E-state index in [-0.39, 0.29) is 0 Å². The Hall–Kier alpha value is -3.06. The maximum Gasteiger partial charge on any atom is 0.0537 e. The Morgan fingerprint density at radius 1 is 0.640 bits per heavy atom. The number of para-hydroxylation sites is 2. The summed E-state index contributed by atoms with van der Waals surface area (Å²) in [6.45, 7) is 0. The molecule has 1 aliphatic carbocycles. The Morgan fingerprint density at radius 2 is 1.32 bits per heavy atom. The lowest BCUT2D eigenvalue weighted by molar-refractivity contribution is 0.926. The van der Waals surface area contributed by atoms with Crippen molar-refractivity contribution in [3.05, 3.63) is 102 Å². The Morgan fingerprint density at radius 3 is 2.16 bits per heavy atom. The fourth-order valence-electron chi connectivity index (χ4n) is 4.00. The summed E-state index contributed by atoms with van der Waals surface area (Å²) in [5.41, 5.74) is 9.18. The lowest BCUT2D eigenvalue weighted by atomic mass is 9.91. The third-order valence-electron chi connectivity index (χ3n) is 5.08. The number of hydrogen-bond acceptors (Lipinski definition) is 1. The summed E-state index contributed by atoms with van der Waals surface area (Å²) in [7, 11) is 0. The van der Waals surface area contributed by atoms with Crippen LogP contribution in [0.5, 0.6) is 0 Å². The van der Waals surface area contributed by atoms with Crippen LogP contribution in [0.2, 0.25) is 0 Å². The van der Waals surface area contributed by atoms with E-state index in [1.807, 2.05) is 0 Å². The second kappa shape index (κ2) is 5.78. The van der Waals surface area contributed by atoms with Crippen molar-refractivity contribution in [3.63, 3.8) is 0 Å². The van der Waals surface area contributed by atoms with Crippen LogP contribution in [0.4, 0.5) is 11.4 Å². The van der Waals surface area contributed by atoms with E-state index in [2.05, 4.69) is 95.9 Å². The van der Waals surface area contributed by atoms with Gasteiger partial charge in [0.1, 0.15) is 0 Å². The molecule has 1 heterocycles. The zero-order valence-electron chi connectivity index (χ0n) is 14.0. The minimum absolute atomic E-state index is 1.06. The summed E-state index contributed by atoms with van der Waals surface area (Å²) in [6.07, 6.45) is 6.75. The summed E-state index contributed by atoms with van der Waals surface area (Å²) in [5.74, 6) is 0. The van der Waals surface area contributed by atoms with Crippen LogP contribution in [0, 0.1) is 0 Å². The molecule has 0 fully saturated rings. The fourth-order valence-corrected chi connectivity index (χ4v) is 4.00. The van der Waals surface area contributed by atoms with E-state index < -0.39 is 0 Å². The van der Waals surface area contributed by atoms with Crippen molar-refractivity contribution in [2.24, 2.45) is 0 Å². The molecule has 25 heavy (non-hydrogen) atoms. The monoisotopic (exact) mass is 321 g/mol. The molecular formula is C24H19N. The molecule has 0 amide bonds. The first-order valence-electron chi connectivity index (χ1n) is 8.87. The van der Waals surface area contributed by atoms with Crippen LogP contribution in [0.25, 0.3) is 16.7 Å². The van der Waals surface area contributed by atoms with Crippen LogP contribution < -0.4 is 4.90 Å². The summed E-state index contributed by atoms with van der Waals surface area (Å²) in [6, 6.07) is 28.3. The van der Waals surface area contributed by atoms with Crippen LogP contribution in [0.15, 0.2) is 96.7 Å². The van der Waals surface area contributed by atoms with Gasteiger partial charge >= 0.3 is 0 Å². The van der Waals surface area contributed by atoms with Gasteiger partial charge in [-0.15, -0.1) is 0 Å². The molecule has 3 aromatic carbocycles. The molecule has 0 aromatic heterocycles. The average molecular weight is 321 g/mol. The molecule has 1 nitrogen and oxygen atoms in total. The normalized spacial score (nSPS) is 15.3. The van der Waals surface area contributed by atoms with Crippen molar-refractivity contribution < 1.29 is 0 Å². The Balaban J connectivity index is 1.89. The van der Waals surface area contributed by atoms with E-state index in [1.54, 1.807) is 0 Å². The van der Waals surface area contributed by atoms with Crippen LogP contribution in [0.1, 0.15) is 18.4 Å². The average Bonchev–Trinajstić information content (AvgIpc) is 2.82. The number of hydrogen-bond donors (Lipinski definition) is 0.